The van der Waals surface area contributed by atoms with E-state index >= 15 is 0 Å². The summed E-state index contributed by atoms with van der Waals surface area (Å²) in [6, 6.07) is 12.0. The second kappa shape index (κ2) is 6.06. The first kappa shape index (κ1) is 13.8. The van der Waals surface area contributed by atoms with Crippen molar-refractivity contribution < 1.29 is 4.42 Å². The molecule has 4 nitrogen and oxygen atoms in total. The number of aryl methyl sites for hydroxylation is 1. The van der Waals surface area contributed by atoms with E-state index in [9.17, 15) is 0 Å². The van der Waals surface area contributed by atoms with Gasteiger partial charge in [0.1, 0.15) is 23.2 Å². The Hall–Kier alpha value is -2.20. The number of nitrogens with zero attached hydrogens (tertiary/aromatic N) is 2. The molecule has 21 heavy (non-hydrogen) atoms. The predicted molar refractivity (Wildman–Crippen MR) is 83.1 cm³/mol. The van der Waals surface area contributed by atoms with Crippen molar-refractivity contribution in [1.29, 1.82) is 0 Å². The Labute approximate surface area is 124 Å². The van der Waals surface area contributed by atoms with Gasteiger partial charge in [-0.1, -0.05) is 25.1 Å². The molecule has 1 unspecified atom stereocenters. The van der Waals surface area contributed by atoms with Crippen LogP contribution in [0.3, 0.4) is 0 Å². The zero-order valence-corrected chi connectivity index (χ0v) is 12.3. The van der Waals surface area contributed by atoms with Gasteiger partial charge >= 0.3 is 0 Å². The zero-order valence-electron chi connectivity index (χ0n) is 12.3. The first-order chi connectivity index (χ1) is 10.3. The molecule has 0 aliphatic heterocycles. The molecule has 0 amide bonds. The Morgan fingerprint density at radius 1 is 1.24 bits per heavy atom. The lowest BCUT2D eigenvalue weighted by molar-refractivity contribution is 0.462. The highest BCUT2D eigenvalue weighted by molar-refractivity contribution is 5.77. The van der Waals surface area contributed by atoms with Crippen molar-refractivity contribution in [2.45, 2.75) is 26.3 Å². The standard InChI is InChI=1S/C17H19N3O/c1-3-9-19-17(14-8-10-18-12(2)20-14)16-11-13-6-4-5-7-15(13)21-16/h4-8,10-11,17,19H,3,9H2,1-2H3. The molecule has 2 aromatic heterocycles. The van der Waals surface area contributed by atoms with Gasteiger partial charge in [0.05, 0.1) is 5.69 Å². The maximum Gasteiger partial charge on any atom is 0.134 e. The Morgan fingerprint density at radius 2 is 2.10 bits per heavy atom. The first-order valence-electron chi connectivity index (χ1n) is 7.29. The van der Waals surface area contributed by atoms with Crippen LogP contribution in [0.4, 0.5) is 0 Å². The minimum atomic E-state index is -0.0425. The van der Waals surface area contributed by atoms with Gasteiger partial charge in [-0.15, -0.1) is 0 Å². The normalized spacial score (nSPS) is 12.7. The van der Waals surface area contributed by atoms with E-state index in [1.165, 1.54) is 0 Å². The molecule has 0 fully saturated rings. The summed E-state index contributed by atoms with van der Waals surface area (Å²) in [6.07, 6.45) is 2.85. The van der Waals surface area contributed by atoms with Crippen molar-refractivity contribution in [3.8, 4) is 0 Å². The number of rotatable bonds is 5. The van der Waals surface area contributed by atoms with E-state index in [2.05, 4.69) is 34.3 Å². The molecule has 0 aliphatic rings. The molecule has 0 radical (unpaired) electrons. The Bertz CT molecular complexity index is 702. The minimum Gasteiger partial charge on any atom is -0.459 e. The van der Waals surface area contributed by atoms with Crippen LogP contribution in [0.1, 0.15) is 36.7 Å². The number of para-hydroxylation sites is 1. The van der Waals surface area contributed by atoms with E-state index in [0.29, 0.717) is 0 Å². The molecular weight excluding hydrogens is 262 g/mol. The SMILES string of the molecule is CCCNC(c1ccnc(C)n1)c1cc2ccccc2o1. The fraction of sp³-hybridized carbons (Fsp3) is 0.294. The topological polar surface area (TPSA) is 51.0 Å². The van der Waals surface area contributed by atoms with Gasteiger partial charge in [0.15, 0.2) is 0 Å². The van der Waals surface area contributed by atoms with Gasteiger partial charge in [-0.3, -0.25) is 0 Å². The van der Waals surface area contributed by atoms with Gasteiger partial charge in [0.25, 0.3) is 0 Å². The molecular formula is C17H19N3O. The van der Waals surface area contributed by atoms with Crippen LogP contribution in [0.25, 0.3) is 11.0 Å². The molecule has 108 valence electrons. The van der Waals surface area contributed by atoms with Gasteiger partial charge in [-0.05, 0) is 38.1 Å². The van der Waals surface area contributed by atoms with E-state index in [4.69, 9.17) is 4.42 Å². The lowest BCUT2D eigenvalue weighted by Gasteiger charge is -2.15. The minimum absolute atomic E-state index is 0.0425. The van der Waals surface area contributed by atoms with Crippen LogP contribution >= 0.6 is 0 Å². The van der Waals surface area contributed by atoms with Crippen molar-refractivity contribution >= 4 is 11.0 Å². The smallest absolute Gasteiger partial charge is 0.134 e. The molecule has 2 heterocycles. The Morgan fingerprint density at radius 3 is 2.86 bits per heavy atom. The number of hydrogen-bond acceptors (Lipinski definition) is 4. The van der Waals surface area contributed by atoms with Crippen molar-refractivity contribution in [3.05, 3.63) is 59.9 Å². The van der Waals surface area contributed by atoms with Gasteiger partial charge in [0, 0.05) is 11.6 Å². The zero-order chi connectivity index (χ0) is 14.7. The van der Waals surface area contributed by atoms with Crippen molar-refractivity contribution in [3.63, 3.8) is 0 Å². The Balaban J connectivity index is 2.02. The average molecular weight is 281 g/mol. The molecule has 4 heteroatoms. The lowest BCUT2D eigenvalue weighted by Crippen LogP contribution is -2.24. The van der Waals surface area contributed by atoms with E-state index in [1.54, 1.807) is 6.20 Å². The number of aromatic nitrogens is 2. The van der Waals surface area contributed by atoms with Crippen molar-refractivity contribution in [2.24, 2.45) is 0 Å². The number of hydrogen-bond donors (Lipinski definition) is 1. The highest BCUT2D eigenvalue weighted by Crippen LogP contribution is 2.27. The van der Waals surface area contributed by atoms with Gasteiger partial charge < -0.3 is 9.73 Å². The van der Waals surface area contributed by atoms with Crippen LogP contribution in [0.5, 0.6) is 0 Å². The molecule has 0 saturated carbocycles. The van der Waals surface area contributed by atoms with E-state index < -0.39 is 0 Å². The Kier molecular flexibility index (Phi) is 3.97. The van der Waals surface area contributed by atoms with Crippen LogP contribution < -0.4 is 5.32 Å². The second-order valence-electron chi connectivity index (χ2n) is 5.10. The number of fused-ring (bicyclic) bond motifs is 1. The summed E-state index contributed by atoms with van der Waals surface area (Å²) >= 11 is 0. The van der Waals surface area contributed by atoms with Crippen LogP contribution in [-0.4, -0.2) is 16.5 Å². The number of benzene rings is 1. The molecule has 0 spiro atoms. The summed E-state index contributed by atoms with van der Waals surface area (Å²) in [7, 11) is 0. The highest BCUT2D eigenvalue weighted by Gasteiger charge is 2.19. The van der Waals surface area contributed by atoms with E-state index in [1.807, 2.05) is 31.2 Å². The predicted octanol–water partition coefficient (Wildman–Crippen LogP) is 3.62. The summed E-state index contributed by atoms with van der Waals surface area (Å²) < 4.78 is 6.00. The lowest BCUT2D eigenvalue weighted by atomic mass is 10.1. The third-order valence-electron chi connectivity index (χ3n) is 3.42. The molecule has 0 bridgehead atoms. The quantitative estimate of drug-likeness (QED) is 0.776. The molecule has 3 aromatic rings. The average Bonchev–Trinajstić information content (AvgIpc) is 2.91. The number of nitrogens with one attached hydrogen (secondary N) is 1. The molecule has 0 aliphatic carbocycles. The van der Waals surface area contributed by atoms with E-state index in [-0.39, 0.29) is 6.04 Å². The third kappa shape index (κ3) is 2.95. The summed E-state index contributed by atoms with van der Waals surface area (Å²) in [5.41, 5.74) is 1.84. The third-order valence-corrected chi connectivity index (χ3v) is 3.42. The number of furan rings is 1. The fourth-order valence-corrected chi connectivity index (χ4v) is 2.42. The second-order valence-corrected chi connectivity index (χ2v) is 5.10. The van der Waals surface area contributed by atoms with Crippen molar-refractivity contribution in [1.82, 2.24) is 15.3 Å². The van der Waals surface area contributed by atoms with Crippen LogP contribution in [0, 0.1) is 6.92 Å². The van der Waals surface area contributed by atoms with Crippen LogP contribution in [-0.2, 0) is 0 Å². The maximum atomic E-state index is 6.00. The van der Waals surface area contributed by atoms with Crippen LogP contribution in [0.15, 0.2) is 47.0 Å². The molecule has 1 aromatic carbocycles. The van der Waals surface area contributed by atoms with Crippen molar-refractivity contribution in [2.75, 3.05) is 6.54 Å². The largest absolute Gasteiger partial charge is 0.459 e. The van der Waals surface area contributed by atoms with Crippen LogP contribution in [0.2, 0.25) is 0 Å². The van der Waals surface area contributed by atoms with E-state index in [0.717, 1.165) is 41.2 Å². The highest BCUT2D eigenvalue weighted by atomic mass is 16.3. The van der Waals surface area contributed by atoms with Gasteiger partial charge in [-0.25, -0.2) is 9.97 Å². The fourth-order valence-electron chi connectivity index (χ4n) is 2.42. The summed E-state index contributed by atoms with van der Waals surface area (Å²) in [4.78, 5) is 8.71. The van der Waals surface area contributed by atoms with Gasteiger partial charge in [0.2, 0.25) is 0 Å². The molecule has 3 rings (SSSR count). The maximum absolute atomic E-state index is 6.00. The summed E-state index contributed by atoms with van der Waals surface area (Å²) in [6.45, 7) is 4.96. The molecule has 0 saturated heterocycles. The van der Waals surface area contributed by atoms with Gasteiger partial charge in [-0.2, -0.15) is 0 Å². The summed E-state index contributed by atoms with van der Waals surface area (Å²) in [5.74, 6) is 1.66. The first-order valence-corrected chi connectivity index (χ1v) is 7.29. The molecule has 1 atom stereocenters. The monoisotopic (exact) mass is 281 g/mol. The molecule has 1 N–H and O–H groups in total. The summed E-state index contributed by atoms with van der Waals surface area (Å²) in [5, 5.41) is 4.62.